The van der Waals surface area contributed by atoms with Gasteiger partial charge in [-0.3, -0.25) is 4.79 Å². The Bertz CT molecular complexity index is 456. The van der Waals surface area contributed by atoms with E-state index in [1.165, 1.54) is 18.1 Å². The zero-order valence-corrected chi connectivity index (χ0v) is 9.96. The van der Waals surface area contributed by atoms with Crippen LogP contribution in [0.4, 0.5) is 0 Å². The van der Waals surface area contributed by atoms with Crippen LogP contribution in [0.3, 0.4) is 0 Å². The molecule has 98 valence electrons. The number of carboxylic acids is 1. The molecule has 2 heterocycles. The Balaban J connectivity index is 2.12. The number of nitrogens with zero attached hydrogens (tertiary/aromatic N) is 2. The van der Waals surface area contributed by atoms with E-state index in [2.05, 4.69) is 5.16 Å². The van der Waals surface area contributed by atoms with Crippen LogP contribution in [-0.2, 0) is 16.1 Å². The van der Waals surface area contributed by atoms with Gasteiger partial charge in [0.25, 0.3) is 5.91 Å². The van der Waals surface area contributed by atoms with Crippen molar-refractivity contribution in [2.75, 3.05) is 13.7 Å². The topological polar surface area (TPSA) is 92.9 Å². The molecule has 7 heteroatoms. The summed E-state index contributed by atoms with van der Waals surface area (Å²) in [5.74, 6) is -0.959. The van der Waals surface area contributed by atoms with Crippen molar-refractivity contribution in [2.24, 2.45) is 0 Å². The van der Waals surface area contributed by atoms with Crippen LogP contribution in [0, 0.1) is 0 Å². The molecule has 0 aromatic carbocycles. The van der Waals surface area contributed by atoms with Gasteiger partial charge in [0.1, 0.15) is 12.6 Å². The van der Waals surface area contributed by atoms with Crippen LogP contribution in [0.5, 0.6) is 0 Å². The summed E-state index contributed by atoms with van der Waals surface area (Å²) >= 11 is 0. The Morgan fingerprint density at radius 2 is 2.44 bits per heavy atom. The summed E-state index contributed by atoms with van der Waals surface area (Å²) in [5, 5.41) is 12.6. The van der Waals surface area contributed by atoms with Gasteiger partial charge in [0.2, 0.25) is 0 Å². The summed E-state index contributed by atoms with van der Waals surface area (Å²) in [6, 6.07) is 0.711. The van der Waals surface area contributed by atoms with Gasteiger partial charge in [0, 0.05) is 19.7 Å². The lowest BCUT2D eigenvalue weighted by molar-refractivity contribution is -0.141. The molecule has 1 amide bonds. The van der Waals surface area contributed by atoms with Gasteiger partial charge in [0.05, 0.1) is 0 Å². The second-order valence-corrected chi connectivity index (χ2v) is 4.11. The van der Waals surface area contributed by atoms with E-state index in [1.54, 1.807) is 0 Å². The highest BCUT2D eigenvalue weighted by Crippen LogP contribution is 2.20. The van der Waals surface area contributed by atoms with Crippen molar-refractivity contribution in [1.82, 2.24) is 10.1 Å². The number of ether oxygens (including phenoxy) is 1. The van der Waals surface area contributed by atoms with Gasteiger partial charge in [-0.25, -0.2) is 4.79 Å². The molecule has 2 rings (SSSR count). The zero-order valence-electron chi connectivity index (χ0n) is 9.96. The number of rotatable bonds is 4. The van der Waals surface area contributed by atoms with E-state index in [4.69, 9.17) is 14.4 Å². The van der Waals surface area contributed by atoms with Crippen LogP contribution in [-0.4, -0.2) is 46.7 Å². The highest BCUT2D eigenvalue weighted by Gasteiger charge is 2.35. The van der Waals surface area contributed by atoms with Gasteiger partial charge in [-0.15, -0.1) is 0 Å². The third-order valence-corrected chi connectivity index (χ3v) is 2.86. The van der Waals surface area contributed by atoms with Crippen molar-refractivity contribution in [1.29, 1.82) is 0 Å². The van der Waals surface area contributed by atoms with Crippen LogP contribution in [0.2, 0.25) is 0 Å². The van der Waals surface area contributed by atoms with E-state index in [0.29, 0.717) is 25.1 Å². The number of methoxy groups -OCH3 is 1. The molecule has 0 radical (unpaired) electrons. The average Bonchev–Trinajstić information content (AvgIpc) is 2.96. The number of carbonyl (C=O) groups excluding carboxylic acids is 1. The smallest absolute Gasteiger partial charge is 0.326 e. The lowest BCUT2D eigenvalue weighted by Gasteiger charge is -2.19. The highest BCUT2D eigenvalue weighted by molar-refractivity contribution is 5.95. The highest BCUT2D eigenvalue weighted by atomic mass is 16.5. The maximum absolute atomic E-state index is 12.1. The average molecular weight is 254 g/mol. The number of amides is 1. The molecule has 1 aromatic heterocycles. The Kier molecular flexibility index (Phi) is 3.61. The first-order chi connectivity index (χ1) is 8.63. The van der Waals surface area contributed by atoms with Gasteiger partial charge >= 0.3 is 5.97 Å². The van der Waals surface area contributed by atoms with Crippen LogP contribution < -0.4 is 0 Å². The van der Waals surface area contributed by atoms with Crippen molar-refractivity contribution in [2.45, 2.75) is 25.5 Å². The summed E-state index contributed by atoms with van der Waals surface area (Å²) in [6.07, 6.45) is 1.16. The predicted octanol–water partition coefficient (Wildman–Crippen LogP) is 0.510. The van der Waals surface area contributed by atoms with E-state index < -0.39 is 17.9 Å². The lowest BCUT2D eigenvalue weighted by atomic mass is 10.2. The third-order valence-electron chi connectivity index (χ3n) is 2.86. The van der Waals surface area contributed by atoms with E-state index in [0.717, 1.165) is 0 Å². The maximum atomic E-state index is 12.1. The minimum atomic E-state index is -0.985. The molecule has 18 heavy (non-hydrogen) atoms. The fraction of sp³-hybridized carbons (Fsp3) is 0.545. The molecule has 0 spiro atoms. The molecule has 7 nitrogen and oxygen atoms in total. The van der Waals surface area contributed by atoms with E-state index in [-0.39, 0.29) is 12.3 Å². The van der Waals surface area contributed by atoms with Gasteiger partial charge in [0.15, 0.2) is 11.5 Å². The molecule has 0 aliphatic carbocycles. The molecule has 1 atom stereocenters. The summed E-state index contributed by atoms with van der Waals surface area (Å²) in [4.78, 5) is 24.4. The third kappa shape index (κ3) is 2.35. The van der Waals surface area contributed by atoms with Gasteiger partial charge < -0.3 is 19.3 Å². The SMILES string of the molecule is COCc1cc(C(=O)N2CCC[C@@H]2C(=O)O)no1. The van der Waals surface area contributed by atoms with Crippen LogP contribution in [0.15, 0.2) is 10.6 Å². The minimum Gasteiger partial charge on any atom is -0.480 e. The summed E-state index contributed by atoms with van der Waals surface area (Å²) < 4.78 is 9.76. The normalized spacial score (nSPS) is 19.2. The van der Waals surface area contributed by atoms with E-state index in [1.807, 2.05) is 0 Å². The van der Waals surface area contributed by atoms with Crippen LogP contribution in [0.25, 0.3) is 0 Å². The molecular weight excluding hydrogens is 240 g/mol. The Hall–Kier alpha value is -1.89. The van der Waals surface area contributed by atoms with E-state index in [9.17, 15) is 9.59 Å². The monoisotopic (exact) mass is 254 g/mol. The molecule has 0 unspecified atom stereocenters. The van der Waals surface area contributed by atoms with Crippen LogP contribution >= 0.6 is 0 Å². The second kappa shape index (κ2) is 5.18. The first-order valence-electron chi connectivity index (χ1n) is 5.61. The first-order valence-corrected chi connectivity index (χ1v) is 5.61. The largest absolute Gasteiger partial charge is 0.480 e. The van der Waals surface area contributed by atoms with Crippen molar-refractivity contribution in [3.05, 3.63) is 17.5 Å². The Labute approximate surface area is 103 Å². The lowest BCUT2D eigenvalue weighted by Crippen LogP contribution is -2.40. The molecule has 1 aromatic rings. The number of hydrogen-bond acceptors (Lipinski definition) is 5. The number of aliphatic carboxylic acids is 1. The van der Waals surface area contributed by atoms with Crippen LogP contribution in [0.1, 0.15) is 29.1 Å². The van der Waals surface area contributed by atoms with Gasteiger partial charge in [-0.1, -0.05) is 5.16 Å². The second-order valence-electron chi connectivity index (χ2n) is 4.11. The molecule has 0 saturated carbocycles. The predicted molar refractivity (Wildman–Crippen MR) is 58.9 cm³/mol. The van der Waals surface area contributed by atoms with Crippen molar-refractivity contribution < 1.29 is 24.0 Å². The van der Waals surface area contributed by atoms with Crippen molar-refractivity contribution >= 4 is 11.9 Å². The number of carboxylic acid groups (broad SMARTS) is 1. The fourth-order valence-corrected chi connectivity index (χ4v) is 2.04. The Morgan fingerprint density at radius 1 is 1.67 bits per heavy atom. The molecule has 0 bridgehead atoms. The molecule has 1 aliphatic rings. The van der Waals surface area contributed by atoms with Gasteiger partial charge in [-0.05, 0) is 12.8 Å². The maximum Gasteiger partial charge on any atom is 0.326 e. The van der Waals surface area contributed by atoms with Crippen molar-refractivity contribution in [3.63, 3.8) is 0 Å². The standard InChI is InChI=1S/C11H14N2O5/c1-17-6-7-5-8(12-18-7)10(14)13-4-2-3-9(13)11(15)16/h5,9H,2-4,6H2,1H3,(H,15,16)/t9-/m1/s1. The summed E-state index contributed by atoms with van der Waals surface area (Å²) in [5.41, 5.74) is 0.121. The van der Waals surface area contributed by atoms with Crippen molar-refractivity contribution in [3.8, 4) is 0 Å². The summed E-state index contributed by atoms with van der Waals surface area (Å²) in [6.45, 7) is 0.658. The zero-order chi connectivity index (χ0) is 13.1. The van der Waals surface area contributed by atoms with E-state index >= 15 is 0 Å². The summed E-state index contributed by atoms with van der Waals surface area (Å²) in [7, 11) is 1.50. The number of carbonyl (C=O) groups is 2. The fourth-order valence-electron chi connectivity index (χ4n) is 2.04. The minimum absolute atomic E-state index is 0.121. The van der Waals surface area contributed by atoms with Gasteiger partial charge in [-0.2, -0.15) is 0 Å². The first kappa shape index (κ1) is 12.6. The number of aromatic nitrogens is 1. The molecule has 1 fully saturated rings. The number of likely N-dealkylation sites (tertiary alicyclic amines) is 1. The molecule has 1 aliphatic heterocycles. The molecule has 1 N–H and O–H groups in total. The number of hydrogen-bond donors (Lipinski definition) is 1. The molecule has 1 saturated heterocycles. The Morgan fingerprint density at radius 3 is 3.11 bits per heavy atom. The molecular formula is C11H14N2O5. The quantitative estimate of drug-likeness (QED) is 0.841.